The second-order valence-electron chi connectivity index (χ2n) is 5.20. The number of ether oxygens (including phenoxy) is 2. The van der Waals surface area contributed by atoms with Gasteiger partial charge < -0.3 is 14.6 Å². The SMILES string of the molecule is C[C@@H]1C[C@H](O)OC(COCc2ccccc2)[C@H]1C. The molecule has 1 heterocycles. The minimum absolute atomic E-state index is 0.00698. The van der Waals surface area contributed by atoms with Crippen LogP contribution < -0.4 is 0 Å². The molecule has 1 aromatic rings. The lowest BCUT2D eigenvalue weighted by atomic mass is 9.86. The lowest BCUT2D eigenvalue weighted by Gasteiger charge is -2.36. The van der Waals surface area contributed by atoms with Crippen molar-refractivity contribution in [1.82, 2.24) is 0 Å². The third-order valence-corrected chi connectivity index (χ3v) is 3.78. The van der Waals surface area contributed by atoms with Crippen molar-refractivity contribution in [3.8, 4) is 0 Å². The van der Waals surface area contributed by atoms with Crippen LogP contribution in [0.4, 0.5) is 0 Å². The lowest BCUT2D eigenvalue weighted by molar-refractivity contribution is -0.209. The van der Waals surface area contributed by atoms with Crippen molar-refractivity contribution in [2.75, 3.05) is 6.61 Å². The summed E-state index contributed by atoms with van der Waals surface area (Å²) in [6.07, 6.45) is 0.0741. The zero-order chi connectivity index (χ0) is 13.0. The molecule has 0 bridgehead atoms. The summed E-state index contributed by atoms with van der Waals surface area (Å²) < 4.78 is 11.2. The van der Waals surface area contributed by atoms with Gasteiger partial charge >= 0.3 is 0 Å². The Bertz CT molecular complexity index is 352. The van der Waals surface area contributed by atoms with Crippen molar-refractivity contribution in [1.29, 1.82) is 0 Å². The first kappa shape index (κ1) is 13.5. The van der Waals surface area contributed by atoms with E-state index in [1.807, 2.05) is 30.3 Å². The van der Waals surface area contributed by atoms with E-state index < -0.39 is 6.29 Å². The van der Waals surface area contributed by atoms with Crippen molar-refractivity contribution in [3.05, 3.63) is 35.9 Å². The van der Waals surface area contributed by atoms with Gasteiger partial charge in [0.15, 0.2) is 6.29 Å². The fraction of sp³-hybridized carbons (Fsp3) is 0.600. The highest BCUT2D eigenvalue weighted by Crippen LogP contribution is 2.29. The van der Waals surface area contributed by atoms with Crippen LogP contribution in [0.2, 0.25) is 0 Å². The molecule has 100 valence electrons. The Morgan fingerprint density at radius 1 is 1.28 bits per heavy atom. The molecule has 1 N–H and O–H groups in total. The molecule has 0 saturated carbocycles. The molecule has 0 aromatic heterocycles. The predicted molar refractivity (Wildman–Crippen MR) is 69.9 cm³/mol. The van der Waals surface area contributed by atoms with Gasteiger partial charge in [-0.1, -0.05) is 44.2 Å². The molecule has 3 heteroatoms. The summed E-state index contributed by atoms with van der Waals surface area (Å²) in [6.45, 7) is 5.45. The van der Waals surface area contributed by atoms with E-state index in [9.17, 15) is 5.11 Å². The molecule has 1 aliphatic rings. The van der Waals surface area contributed by atoms with Crippen molar-refractivity contribution >= 4 is 0 Å². The zero-order valence-electron chi connectivity index (χ0n) is 11.1. The minimum Gasteiger partial charge on any atom is -0.374 e. The van der Waals surface area contributed by atoms with Gasteiger partial charge in [0.1, 0.15) is 0 Å². The molecule has 3 nitrogen and oxygen atoms in total. The highest BCUT2D eigenvalue weighted by Gasteiger charge is 2.32. The van der Waals surface area contributed by atoms with Gasteiger partial charge in [-0.25, -0.2) is 0 Å². The molecule has 4 atom stereocenters. The summed E-state index contributed by atoms with van der Waals surface area (Å²) in [7, 11) is 0. The quantitative estimate of drug-likeness (QED) is 0.892. The van der Waals surface area contributed by atoms with Gasteiger partial charge in [0.05, 0.1) is 19.3 Å². The largest absolute Gasteiger partial charge is 0.374 e. The van der Waals surface area contributed by atoms with E-state index in [1.165, 1.54) is 0 Å². The van der Waals surface area contributed by atoms with Gasteiger partial charge in [-0.2, -0.15) is 0 Å². The van der Waals surface area contributed by atoms with E-state index in [0.29, 0.717) is 25.0 Å². The molecule has 1 saturated heterocycles. The summed E-state index contributed by atoms with van der Waals surface area (Å²) in [5.41, 5.74) is 1.16. The number of aliphatic hydroxyl groups is 1. The summed E-state index contributed by atoms with van der Waals surface area (Å²) in [4.78, 5) is 0. The Labute approximate surface area is 109 Å². The Morgan fingerprint density at radius 2 is 2.00 bits per heavy atom. The normalized spacial score (nSPS) is 32.4. The maximum Gasteiger partial charge on any atom is 0.155 e. The van der Waals surface area contributed by atoms with Gasteiger partial charge in [0.25, 0.3) is 0 Å². The zero-order valence-corrected chi connectivity index (χ0v) is 11.1. The van der Waals surface area contributed by atoms with Crippen LogP contribution in [0.5, 0.6) is 0 Å². The van der Waals surface area contributed by atoms with Gasteiger partial charge in [0.2, 0.25) is 0 Å². The van der Waals surface area contributed by atoms with Crippen LogP contribution >= 0.6 is 0 Å². The monoisotopic (exact) mass is 250 g/mol. The first-order chi connectivity index (χ1) is 8.66. The maximum atomic E-state index is 9.61. The molecule has 0 radical (unpaired) electrons. The van der Waals surface area contributed by atoms with E-state index in [0.717, 1.165) is 12.0 Å². The molecule has 1 fully saturated rings. The molecular formula is C15H22O3. The molecule has 1 unspecified atom stereocenters. The first-order valence-corrected chi connectivity index (χ1v) is 6.62. The average molecular weight is 250 g/mol. The van der Waals surface area contributed by atoms with Crippen molar-refractivity contribution in [3.63, 3.8) is 0 Å². The average Bonchev–Trinajstić information content (AvgIpc) is 2.36. The summed E-state index contributed by atoms with van der Waals surface area (Å²) in [6, 6.07) is 10.1. The second kappa shape index (κ2) is 6.32. The van der Waals surface area contributed by atoms with Crippen molar-refractivity contribution in [2.24, 2.45) is 11.8 Å². The Kier molecular flexibility index (Phi) is 4.75. The van der Waals surface area contributed by atoms with Gasteiger partial charge in [0, 0.05) is 6.42 Å². The fourth-order valence-electron chi connectivity index (χ4n) is 2.34. The van der Waals surface area contributed by atoms with Crippen molar-refractivity contribution in [2.45, 2.75) is 39.3 Å². The van der Waals surface area contributed by atoms with Gasteiger partial charge in [-0.3, -0.25) is 0 Å². The summed E-state index contributed by atoms with van der Waals surface area (Å²) in [5.74, 6) is 0.892. The van der Waals surface area contributed by atoms with E-state index in [1.54, 1.807) is 0 Å². The molecule has 1 aromatic carbocycles. The van der Waals surface area contributed by atoms with Crippen LogP contribution in [0.1, 0.15) is 25.8 Å². The second-order valence-corrected chi connectivity index (χ2v) is 5.20. The lowest BCUT2D eigenvalue weighted by Crippen LogP contribution is -2.41. The molecule has 2 rings (SSSR count). The fourth-order valence-corrected chi connectivity index (χ4v) is 2.34. The van der Waals surface area contributed by atoms with Crippen LogP contribution in [-0.2, 0) is 16.1 Å². The molecule has 0 spiro atoms. The predicted octanol–water partition coefficient (Wildman–Crippen LogP) is 2.58. The molecular weight excluding hydrogens is 228 g/mol. The maximum absolute atomic E-state index is 9.61. The third-order valence-electron chi connectivity index (χ3n) is 3.78. The van der Waals surface area contributed by atoms with Gasteiger partial charge in [-0.15, -0.1) is 0 Å². The number of benzene rings is 1. The minimum atomic E-state index is -0.637. The molecule has 0 aliphatic carbocycles. The van der Waals surface area contributed by atoms with E-state index in [4.69, 9.17) is 9.47 Å². The van der Waals surface area contributed by atoms with E-state index in [-0.39, 0.29) is 6.10 Å². The highest BCUT2D eigenvalue weighted by atomic mass is 16.6. The van der Waals surface area contributed by atoms with E-state index >= 15 is 0 Å². The first-order valence-electron chi connectivity index (χ1n) is 6.62. The third kappa shape index (κ3) is 3.55. The number of rotatable bonds is 4. The Morgan fingerprint density at radius 3 is 2.72 bits per heavy atom. The highest BCUT2D eigenvalue weighted by molar-refractivity contribution is 5.13. The van der Waals surface area contributed by atoms with Gasteiger partial charge in [-0.05, 0) is 17.4 Å². The molecule has 1 aliphatic heterocycles. The van der Waals surface area contributed by atoms with Crippen LogP contribution in [0, 0.1) is 11.8 Å². The molecule has 18 heavy (non-hydrogen) atoms. The van der Waals surface area contributed by atoms with Crippen LogP contribution in [0.25, 0.3) is 0 Å². The smallest absolute Gasteiger partial charge is 0.155 e. The molecule has 0 amide bonds. The number of hydrogen-bond donors (Lipinski definition) is 1. The van der Waals surface area contributed by atoms with Crippen molar-refractivity contribution < 1.29 is 14.6 Å². The van der Waals surface area contributed by atoms with E-state index in [2.05, 4.69) is 13.8 Å². The van der Waals surface area contributed by atoms with Crippen LogP contribution in [0.15, 0.2) is 30.3 Å². The Hall–Kier alpha value is -0.900. The van der Waals surface area contributed by atoms with Crippen LogP contribution in [-0.4, -0.2) is 24.1 Å². The standard InChI is InChI=1S/C15H22O3/c1-11-8-15(16)18-14(12(11)2)10-17-9-13-6-4-3-5-7-13/h3-7,11-12,14-16H,8-10H2,1-2H3/t11-,12+,14?,15-/m1/s1. The van der Waals surface area contributed by atoms with Crippen LogP contribution in [0.3, 0.4) is 0 Å². The Balaban J connectivity index is 1.79. The summed E-state index contributed by atoms with van der Waals surface area (Å²) >= 11 is 0. The topological polar surface area (TPSA) is 38.7 Å². The summed E-state index contributed by atoms with van der Waals surface area (Å²) in [5, 5.41) is 9.61. The number of aliphatic hydroxyl groups excluding tert-OH is 1. The number of hydrogen-bond acceptors (Lipinski definition) is 3.